The molecule has 0 aliphatic carbocycles. The van der Waals surface area contributed by atoms with Crippen molar-refractivity contribution in [1.82, 2.24) is 14.2 Å². The largest absolute Gasteiger partial charge is 0.379 e. The molecule has 1 N–H and O–H groups in total. The highest BCUT2D eigenvalue weighted by atomic mass is 32.2. The Morgan fingerprint density at radius 3 is 2.64 bits per heavy atom. The van der Waals surface area contributed by atoms with Gasteiger partial charge in [-0.25, -0.2) is 13.1 Å². The van der Waals surface area contributed by atoms with Crippen LogP contribution < -0.4 is 4.72 Å². The number of ether oxygens (including phenoxy) is 1. The second-order valence-electron chi connectivity index (χ2n) is 6.13. The average molecular weight is 384 g/mol. The molecule has 0 amide bonds. The Hall–Kier alpha value is -1.19. The van der Waals surface area contributed by atoms with Gasteiger partial charge in [0.15, 0.2) is 0 Å². The number of aromatic nitrogens is 1. The number of morpholine rings is 1. The number of rotatable bonds is 7. The lowest BCUT2D eigenvalue weighted by atomic mass is 10.1. The van der Waals surface area contributed by atoms with Gasteiger partial charge in [-0.05, 0) is 30.7 Å². The minimum Gasteiger partial charge on any atom is -0.379 e. The summed E-state index contributed by atoms with van der Waals surface area (Å²) in [6.45, 7) is 5.34. The number of sulfonamides is 1. The first-order valence-corrected chi connectivity index (χ1v) is 10.8. The average Bonchev–Trinajstić information content (AvgIpc) is 3.26. The van der Waals surface area contributed by atoms with Gasteiger partial charge in [0.1, 0.15) is 4.21 Å². The summed E-state index contributed by atoms with van der Waals surface area (Å²) in [4.78, 5) is 3.36. The Bertz CT molecular complexity index is 792. The lowest BCUT2D eigenvalue weighted by molar-refractivity contribution is 0.0158. The predicted octanol–water partition coefficient (Wildman–Crippen LogP) is 2.00. The van der Waals surface area contributed by atoms with Gasteiger partial charge in [-0.3, -0.25) is 4.90 Å². The Kier molecular flexibility index (Phi) is 5.96. The van der Waals surface area contributed by atoms with E-state index in [-0.39, 0.29) is 6.04 Å². The first-order valence-electron chi connectivity index (χ1n) is 8.52. The van der Waals surface area contributed by atoms with Crippen molar-refractivity contribution < 1.29 is 13.2 Å². The van der Waals surface area contributed by atoms with Crippen LogP contribution in [0, 0.1) is 0 Å². The van der Waals surface area contributed by atoms with E-state index in [2.05, 4.69) is 20.3 Å². The predicted molar refractivity (Wildman–Crippen MR) is 99.4 cm³/mol. The van der Waals surface area contributed by atoms with Crippen LogP contribution in [0.15, 0.2) is 34.7 Å². The third-order valence-electron chi connectivity index (χ3n) is 4.53. The highest BCUT2D eigenvalue weighted by Gasteiger charge is 2.27. The van der Waals surface area contributed by atoms with Crippen molar-refractivity contribution in [2.45, 2.75) is 23.6 Å². The van der Waals surface area contributed by atoms with E-state index in [1.807, 2.05) is 32.3 Å². The van der Waals surface area contributed by atoms with Gasteiger partial charge in [0.2, 0.25) is 10.0 Å². The Balaban J connectivity index is 1.77. The second-order valence-corrected chi connectivity index (χ2v) is 9.30. The molecule has 8 heteroatoms. The van der Waals surface area contributed by atoms with Crippen LogP contribution in [0.5, 0.6) is 0 Å². The standard InChI is InChI=1S/C17H25N3O3S2/c1-3-14-6-7-17(24-14)25(21,22)18-13-16(15-5-4-8-19(15)2)20-9-11-23-12-10-20/h4-8,16,18H,3,9-13H2,1-2H3. The summed E-state index contributed by atoms with van der Waals surface area (Å²) in [7, 11) is -1.50. The summed E-state index contributed by atoms with van der Waals surface area (Å²) in [6, 6.07) is 7.61. The van der Waals surface area contributed by atoms with Crippen LogP contribution in [0.2, 0.25) is 0 Å². The fourth-order valence-corrected chi connectivity index (χ4v) is 5.46. The van der Waals surface area contributed by atoms with Gasteiger partial charge in [0.25, 0.3) is 0 Å². The normalized spacial score (nSPS) is 17.7. The molecule has 0 spiro atoms. The first kappa shape index (κ1) is 18.6. The third-order valence-corrected chi connectivity index (χ3v) is 7.67. The molecule has 6 nitrogen and oxygen atoms in total. The number of nitrogens with one attached hydrogen (secondary N) is 1. The molecular weight excluding hydrogens is 358 g/mol. The third kappa shape index (κ3) is 4.32. The lowest BCUT2D eigenvalue weighted by Crippen LogP contribution is -2.44. The monoisotopic (exact) mass is 383 g/mol. The van der Waals surface area contributed by atoms with Gasteiger partial charge in [0.05, 0.1) is 19.3 Å². The summed E-state index contributed by atoms with van der Waals surface area (Å²) in [5, 5.41) is 0. The van der Waals surface area contributed by atoms with Crippen molar-refractivity contribution in [3.8, 4) is 0 Å². The molecule has 0 bridgehead atoms. The summed E-state index contributed by atoms with van der Waals surface area (Å²) in [6.07, 6.45) is 2.84. The van der Waals surface area contributed by atoms with Crippen molar-refractivity contribution in [3.05, 3.63) is 41.0 Å². The molecule has 1 unspecified atom stereocenters. The van der Waals surface area contributed by atoms with Crippen LogP contribution in [0.25, 0.3) is 0 Å². The summed E-state index contributed by atoms with van der Waals surface area (Å²) >= 11 is 1.34. The molecule has 1 aliphatic heterocycles. The molecule has 1 fully saturated rings. The molecular formula is C17H25N3O3S2. The van der Waals surface area contributed by atoms with Crippen LogP contribution in [-0.4, -0.2) is 50.7 Å². The zero-order valence-electron chi connectivity index (χ0n) is 14.6. The van der Waals surface area contributed by atoms with E-state index < -0.39 is 10.0 Å². The van der Waals surface area contributed by atoms with E-state index >= 15 is 0 Å². The van der Waals surface area contributed by atoms with Crippen LogP contribution in [0.1, 0.15) is 23.5 Å². The molecule has 1 saturated heterocycles. The zero-order valence-corrected chi connectivity index (χ0v) is 16.3. The SMILES string of the molecule is CCc1ccc(S(=O)(=O)NCC(c2cccn2C)N2CCOCC2)s1. The van der Waals surface area contributed by atoms with Gasteiger partial charge in [-0.15, -0.1) is 11.3 Å². The highest BCUT2D eigenvalue weighted by Crippen LogP contribution is 2.24. The first-order chi connectivity index (χ1) is 12.0. The Labute approximate surface area is 153 Å². The van der Waals surface area contributed by atoms with Gasteiger partial charge in [0, 0.05) is 43.4 Å². The van der Waals surface area contributed by atoms with E-state index in [9.17, 15) is 8.42 Å². The number of aryl methyl sites for hydroxylation is 2. The number of thiophene rings is 1. The summed E-state index contributed by atoms with van der Waals surface area (Å²) < 4.78 is 36.0. The molecule has 0 radical (unpaired) electrons. The molecule has 3 heterocycles. The van der Waals surface area contributed by atoms with Crippen molar-refractivity contribution in [1.29, 1.82) is 0 Å². The quantitative estimate of drug-likeness (QED) is 0.794. The smallest absolute Gasteiger partial charge is 0.250 e. The Morgan fingerprint density at radius 1 is 1.28 bits per heavy atom. The zero-order chi connectivity index (χ0) is 17.9. The molecule has 3 rings (SSSR count). The highest BCUT2D eigenvalue weighted by molar-refractivity contribution is 7.91. The van der Waals surface area contributed by atoms with Gasteiger partial charge < -0.3 is 9.30 Å². The Morgan fingerprint density at radius 2 is 2.04 bits per heavy atom. The van der Waals surface area contributed by atoms with Gasteiger partial charge >= 0.3 is 0 Å². The van der Waals surface area contributed by atoms with E-state index in [4.69, 9.17) is 4.74 Å². The molecule has 25 heavy (non-hydrogen) atoms. The van der Waals surface area contributed by atoms with Crippen LogP contribution >= 0.6 is 11.3 Å². The molecule has 1 aliphatic rings. The maximum absolute atomic E-state index is 12.7. The van der Waals surface area contributed by atoms with Crippen LogP contribution in [0.3, 0.4) is 0 Å². The van der Waals surface area contributed by atoms with Crippen LogP contribution in [0.4, 0.5) is 0 Å². The second kappa shape index (κ2) is 8.01. The molecule has 2 aromatic heterocycles. The van der Waals surface area contributed by atoms with Crippen molar-refractivity contribution in [3.63, 3.8) is 0 Å². The summed E-state index contributed by atoms with van der Waals surface area (Å²) in [5.74, 6) is 0. The summed E-state index contributed by atoms with van der Waals surface area (Å²) in [5.41, 5.74) is 1.10. The van der Waals surface area contributed by atoms with E-state index in [1.54, 1.807) is 6.07 Å². The fraction of sp³-hybridized carbons (Fsp3) is 0.529. The number of hydrogen-bond donors (Lipinski definition) is 1. The molecule has 1 atom stereocenters. The van der Waals surface area contributed by atoms with Gasteiger partial charge in [-0.1, -0.05) is 6.92 Å². The molecule has 0 saturated carbocycles. The number of nitrogens with zero attached hydrogens (tertiary/aromatic N) is 2. The van der Waals surface area contributed by atoms with Gasteiger partial charge in [-0.2, -0.15) is 0 Å². The lowest BCUT2D eigenvalue weighted by Gasteiger charge is -2.34. The number of hydrogen-bond acceptors (Lipinski definition) is 5. The van der Waals surface area contributed by atoms with E-state index in [0.717, 1.165) is 30.1 Å². The van der Waals surface area contributed by atoms with Crippen molar-refractivity contribution in [2.75, 3.05) is 32.8 Å². The topological polar surface area (TPSA) is 63.6 Å². The minimum atomic E-state index is -3.49. The van der Waals surface area contributed by atoms with Crippen LogP contribution in [-0.2, 0) is 28.2 Å². The molecule has 2 aromatic rings. The van der Waals surface area contributed by atoms with Crippen molar-refractivity contribution >= 4 is 21.4 Å². The van der Waals surface area contributed by atoms with E-state index in [0.29, 0.717) is 24.0 Å². The molecule has 0 aromatic carbocycles. The van der Waals surface area contributed by atoms with Crippen molar-refractivity contribution in [2.24, 2.45) is 7.05 Å². The minimum absolute atomic E-state index is 0.00992. The fourth-order valence-electron chi connectivity index (χ4n) is 3.08. The maximum Gasteiger partial charge on any atom is 0.250 e. The molecule has 138 valence electrons. The maximum atomic E-state index is 12.7. The van der Waals surface area contributed by atoms with E-state index in [1.165, 1.54) is 11.3 Å².